The number of hydrogen-bond donors (Lipinski definition) is 0. The van der Waals surface area contributed by atoms with Crippen LogP contribution in [0.1, 0.15) is 41.4 Å². The summed E-state index contributed by atoms with van der Waals surface area (Å²) >= 11 is 0. The van der Waals surface area contributed by atoms with Crippen LogP contribution in [0, 0.1) is 0 Å². The van der Waals surface area contributed by atoms with Gasteiger partial charge in [-0.15, -0.1) is 0 Å². The zero-order valence-corrected chi connectivity index (χ0v) is 16.3. The second kappa shape index (κ2) is 6.76. The standard InChI is InChI=1S/C20H24N2O3S/c1-14-12-18-13-17(10-11-19(18)22(14)26(4,24)25)20(23)21(3)15(2)16-8-6-5-7-9-16/h5-11,13-15H,12H2,1-4H3/t14-,15+/m1/s1. The van der Waals surface area contributed by atoms with E-state index in [1.54, 1.807) is 24.1 Å². The minimum Gasteiger partial charge on any atom is -0.335 e. The minimum absolute atomic E-state index is 0.0524. The Bertz CT molecular complexity index is 925. The molecule has 26 heavy (non-hydrogen) atoms. The highest BCUT2D eigenvalue weighted by Gasteiger charge is 2.33. The Balaban J connectivity index is 1.87. The first-order valence-corrected chi connectivity index (χ1v) is 10.5. The zero-order chi connectivity index (χ0) is 19.1. The van der Waals surface area contributed by atoms with E-state index in [2.05, 4.69) is 0 Å². The van der Waals surface area contributed by atoms with Crippen LogP contribution in [0.15, 0.2) is 48.5 Å². The van der Waals surface area contributed by atoms with E-state index in [0.717, 1.165) is 11.1 Å². The van der Waals surface area contributed by atoms with Crippen LogP contribution in [0.3, 0.4) is 0 Å². The number of fused-ring (bicyclic) bond motifs is 1. The van der Waals surface area contributed by atoms with Gasteiger partial charge in [0, 0.05) is 18.7 Å². The van der Waals surface area contributed by atoms with Crippen molar-refractivity contribution in [2.75, 3.05) is 17.6 Å². The molecule has 0 N–H and O–H groups in total. The molecule has 0 fully saturated rings. The lowest BCUT2D eigenvalue weighted by Gasteiger charge is -2.26. The van der Waals surface area contributed by atoms with E-state index < -0.39 is 10.0 Å². The Hall–Kier alpha value is -2.34. The first-order valence-electron chi connectivity index (χ1n) is 8.64. The topological polar surface area (TPSA) is 57.7 Å². The fourth-order valence-corrected chi connectivity index (χ4v) is 4.84. The largest absolute Gasteiger partial charge is 0.335 e. The smallest absolute Gasteiger partial charge is 0.254 e. The summed E-state index contributed by atoms with van der Waals surface area (Å²) in [7, 11) is -1.54. The Morgan fingerprint density at radius 3 is 2.46 bits per heavy atom. The van der Waals surface area contributed by atoms with Crippen LogP contribution in [0.25, 0.3) is 0 Å². The number of amides is 1. The van der Waals surface area contributed by atoms with E-state index in [0.29, 0.717) is 17.7 Å². The SMILES string of the molecule is C[C@@H]1Cc2cc(C(=O)N(C)[C@@H](C)c3ccccc3)ccc2N1S(C)(=O)=O. The molecular weight excluding hydrogens is 348 g/mol. The number of hydrogen-bond acceptors (Lipinski definition) is 3. The monoisotopic (exact) mass is 372 g/mol. The van der Waals surface area contributed by atoms with Crippen molar-refractivity contribution in [2.45, 2.75) is 32.4 Å². The van der Waals surface area contributed by atoms with E-state index >= 15 is 0 Å². The first kappa shape index (κ1) is 18.5. The predicted molar refractivity (Wildman–Crippen MR) is 104 cm³/mol. The second-order valence-electron chi connectivity index (χ2n) is 6.96. The number of benzene rings is 2. The molecule has 0 unspecified atom stereocenters. The van der Waals surface area contributed by atoms with Crippen LogP contribution in [-0.4, -0.2) is 38.6 Å². The molecule has 6 heteroatoms. The molecule has 1 amide bonds. The lowest BCUT2D eigenvalue weighted by molar-refractivity contribution is 0.0742. The van der Waals surface area contributed by atoms with Crippen molar-refractivity contribution >= 4 is 21.6 Å². The Morgan fingerprint density at radius 1 is 1.19 bits per heavy atom. The Morgan fingerprint density at radius 2 is 1.85 bits per heavy atom. The molecule has 0 spiro atoms. The fraction of sp³-hybridized carbons (Fsp3) is 0.350. The van der Waals surface area contributed by atoms with Crippen molar-refractivity contribution in [3.63, 3.8) is 0 Å². The third-order valence-electron chi connectivity index (χ3n) is 5.02. The van der Waals surface area contributed by atoms with Gasteiger partial charge in [-0.05, 0) is 49.6 Å². The number of sulfonamides is 1. The van der Waals surface area contributed by atoms with Crippen molar-refractivity contribution in [1.82, 2.24) is 4.90 Å². The van der Waals surface area contributed by atoms with Crippen LogP contribution in [0.5, 0.6) is 0 Å². The van der Waals surface area contributed by atoms with Crippen molar-refractivity contribution in [3.05, 3.63) is 65.2 Å². The van der Waals surface area contributed by atoms with Gasteiger partial charge in [-0.3, -0.25) is 9.10 Å². The highest BCUT2D eigenvalue weighted by atomic mass is 32.2. The van der Waals surface area contributed by atoms with Gasteiger partial charge >= 0.3 is 0 Å². The quantitative estimate of drug-likeness (QED) is 0.828. The first-order chi connectivity index (χ1) is 12.2. The highest BCUT2D eigenvalue weighted by molar-refractivity contribution is 7.92. The number of carbonyl (C=O) groups excluding carboxylic acids is 1. The fourth-order valence-electron chi connectivity index (χ4n) is 3.58. The number of anilines is 1. The zero-order valence-electron chi connectivity index (χ0n) is 15.5. The van der Waals surface area contributed by atoms with Crippen LogP contribution in [0.2, 0.25) is 0 Å². The molecule has 2 aromatic carbocycles. The van der Waals surface area contributed by atoms with E-state index in [1.807, 2.05) is 50.2 Å². The average Bonchev–Trinajstić information content (AvgIpc) is 2.95. The van der Waals surface area contributed by atoms with Crippen LogP contribution in [0.4, 0.5) is 5.69 Å². The molecule has 0 saturated carbocycles. The molecule has 0 saturated heterocycles. The highest BCUT2D eigenvalue weighted by Crippen LogP contribution is 2.35. The molecule has 2 aromatic rings. The molecule has 0 bridgehead atoms. The molecule has 0 aromatic heterocycles. The van der Waals surface area contributed by atoms with Crippen molar-refractivity contribution in [2.24, 2.45) is 0 Å². The van der Waals surface area contributed by atoms with Gasteiger partial charge in [0.2, 0.25) is 10.0 Å². The summed E-state index contributed by atoms with van der Waals surface area (Å²) in [4.78, 5) is 14.6. The van der Waals surface area contributed by atoms with E-state index in [9.17, 15) is 13.2 Å². The molecule has 1 heterocycles. The number of rotatable bonds is 4. The van der Waals surface area contributed by atoms with Gasteiger partial charge in [-0.1, -0.05) is 30.3 Å². The van der Waals surface area contributed by atoms with Gasteiger partial charge in [0.05, 0.1) is 18.0 Å². The normalized spacial score (nSPS) is 17.7. The summed E-state index contributed by atoms with van der Waals surface area (Å²) in [6.45, 7) is 3.88. The Labute approximate surface area is 155 Å². The average molecular weight is 372 g/mol. The minimum atomic E-state index is -3.33. The lowest BCUT2D eigenvalue weighted by atomic mass is 10.0. The molecule has 5 nitrogen and oxygen atoms in total. The van der Waals surface area contributed by atoms with Gasteiger partial charge in [-0.25, -0.2) is 8.42 Å². The maximum absolute atomic E-state index is 12.9. The molecule has 3 rings (SSSR count). The molecule has 2 atom stereocenters. The van der Waals surface area contributed by atoms with E-state index in [4.69, 9.17) is 0 Å². The van der Waals surface area contributed by atoms with Crippen molar-refractivity contribution < 1.29 is 13.2 Å². The van der Waals surface area contributed by atoms with Crippen LogP contribution < -0.4 is 4.31 Å². The van der Waals surface area contributed by atoms with Gasteiger partial charge in [0.1, 0.15) is 0 Å². The van der Waals surface area contributed by atoms with Crippen LogP contribution >= 0.6 is 0 Å². The van der Waals surface area contributed by atoms with Gasteiger partial charge in [-0.2, -0.15) is 0 Å². The van der Waals surface area contributed by atoms with Crippen molar-refractivity contribution in [3.8, 4) is 0 Å². The maximum atomic E-state index is 12.9. The predicted octanol–water partition coefficient (Wildman–Crippen LogP) is 3.23. The third kappa shape index (κ3) is 3.33. The number of carbonyl (C=O) groups is 1. The summed E-state index contributed by atoms with van der Waals surface area (Å²) < 4.78 is 25.5. The van der Waals surface area contributed by atoms with Gasteiger partial charge in [0.15, 0.2) is 0 Å². The van der Waals surface area contributed by atoms with Gasteiger partial charge < -0.3 is 4.90 Å². The lowest BCUT2D eigenvalue weighted by Crippen LogP contribution is -2.34. The van der Waals surface area contributed by atoms with E-state index in [1.165, 1.54) is 10.6 Å². The summed E-state index contributed by atoms with van der Waals surface area (Å²) in [5.41, 5.74) is 3.22. The summed E-state index contributed by atoms with van der Waals surface area (Å²) in [6, 6.07) is 15.0. The summed E-state index contributed by atoms with van der Waals surface area (Å²) in [6.07, 6.45) is 1.83. The molecule has 1 aliphatic rings. The summed E-state index contributed by atoms with van der Waals surface area (Å²) in [5, 5.41) is 0. The molecule has 1 aliphatic heterocycles. The number of nitrogens with zero attached hydrogens (tertiary/aromatic N) is 2. The third-order valence-corrected chi connectivity index (χ3v) is 6.29. The Kier molecular flexibility index (Phi) is 4.80. The van der Waals surface area contributed by atoms with Crippen molar-refractivity contribution in [1.29, 1.82) is 0 Å². The second-order valence-corrected chi connectivity index (χ2v) is 8.82. The van der Waals surface area contributed by atoms with E-state index in [-0.39, 0.29) is 18.0 Å². The molecule has 0 radical (unpaired) electrons. The van der Waals surface area contributed by atoms with Crippen LogP contribution in [-0.2, 0) is 16.4 Å². The summed E-state index contributed by atoms with van der Waals surface area (Å²) in [5.74, 6) is -0.0744. The van der Waals surface area contributed by atoms with Gasteiger partial charge in [0.25, 0.3) is 5.91 Å². The molecule has 0 aliphatic carbocycles. The molecular formula is C20H24N2O3S. The maximum Gasteiger partial charge on any atom is 0.254 e. The molecule has 138 valence electrons.